The van der Waals surface area contributed by atoms with Crippen molar-refractivity contribution in [3.63, 3.8) is 0 Å². The molecule has 0 aromatic rings. The molecule has 1 N–H and O–H groups in total. The van der Waals surface area contributed by atoms with Gasteiger partial charge in [0.05, 0.1) is 6.10 Å². The van der Waals surface area contributed by atoms with Crippen LogP contribution >= 0.6 is 0 Å². The van der Waals surface area contributed by atoms with Crippen LogP contribution in [0.25, 0.3) is 0 Å². The number of ether oxygens (including phenoxy) is 1. The zero-order chi connectivity index (χ0) is 9.84. The van der Waals surface area contributed by atoms with Gasteiger partial charge >= 0.3 is 6.09 Å². The largest absolute Gasteiger partial charge is 0.447 e. The minimum atomic E-state index is -0.283. The Morgan fingerprint density at radius 3 is 2.38 bits per heavy atom. The van der Waals surface area contributed by atoms with E-state index in [4.69, 9.17) is 4.74 Å². The van der Waals surface area contributed by atoms with E-state index in [-0.39, 0.29) is 18.2 Å². The van der Waals surface area contributed by atoms with Crippen molar-refractivity contribution in [3.8, 4) is 0 Å². The topological polar surface area (TPSA) is 38.3 Å². The second-order valence-corrected chi connectivity index (χ2v) is 4.08. The maximum atomic E-state index is 11.2. The number of hydrogen-bond acceptors (Lipinski definition) is 2. The van der Waals surface area contributed by atoms with Crippen molar-refractivity contribution in [3.05, 3.63) is 0 Å². The van der Waals surface area contributed by atoms with E-state index in [1.807, 2.05) is 20.8 Å². The molecule has 0 radical (unpaired) electrons. The fourth-order valence-corrected chi connectivity index (χ4v) is 1.49. The molecule has 0 aliphatic heterocycles. The average Bonchev–Trinajstić information content (AvgIpc) is 1.78. The molecule has 3 heteroatoms. The molecule has 0 bridgehead atoms. The molecular weight excluding hydrogens is 166 g/mol. The lowest BCUT2D eigenvalue weighted by molar-refractivity contribution is 0.106. The van der Waals surface area contributed by atoms with Crippen LogP contribution in [0.4, 0.5) is 4.79 Å². The first-order valence-electron chi connectivity index (χ1n) is 5.06. The summed E-state index contributed by atoms with van der Waals surface area (Å²) in [5, 5.41) is 2.85. The van der Waals surface area contributed by atoms with Crippen LogP contribution < -0.4 is 5.32 Å². The predicted molar refractivity (Wildman–Crippen MR) is 51.6 cm³/mol. The van der Waals surface area contributed by atoms with Crippen LogP contribution in [0.2, 0.25) is 0 Å². The normalized spacial score (nSPS) is 19.4. The highest BCUT2D eigenvalue weighted by Gasteiger charge is 2.25. The Kier molecular flexibility index (Phi) is 3.58. The molecule has 13 heavy (non-hydrogen) atoms. The lowest BCUT2D eigenvalue weighted by Crippen LogP contribution is -2.41. The average molecular weight is 185 g/mol. The molecule has 1 aliphatic rings. The van der Waals surface area contributed by atoms with Crippen molar-refractivity contribution in [1.29, 1.82) is 0 Å². The summed E-state index contributed by atoms with van der Waals surface area (Å²) < 4.78 is 4.99. The highest BCUT2D eigenvalue weighted by Crippen LogP contribution is 2.29. The molecule has 0 heterocycles. The van der Waals surface area contributed by atoms with E-state index in [0.29, 0.717) is 5.92 Å². The summed E-state index contributed by atoms with van der Waals surface area (Å²) in [7, 11) is 0. The standard InChI is InChI=1S/C10H19NO2/c1-7(2)13-10(12)11-8(3)9-5-4-6-9/h7-9H,4-6H2,1-3H3,(H,11,12). The van der Waals surface area contributed by atoms with Gasteiger partial charge in [0.1, 0.15) is 0 Å². The molecule has 1 amide bonds. The van der Waals surface area contributed by atoms with Crippen LogP contribution in [-0.2, 0) is 4.74 Å². The van der Waals surface area contributed by atoms with Gasteiger partial charge in [0.2, 0.25) is 0 Å². The molecule has 0 aromatic heterocycles. The second kappa shape index (κ2) is 4.49. The van der Waals surface area contributed by atoms with E-state index in [0.717, 1.165) is 0 Å². The number of hydrogen-bond donors (Lipinski definition) is 1. The SMILES string of the molecule is CC(C)OC(=O)NC(C)C1CCC1. The molecule has 0 aromatic carbocycles. The van der Waals surface area contributed by atoms with Crippen LogP contribution in [-0.4, -0.2) is 18.2 Å². The maximum absolute atomic E-state index is 11.2. The van der Waals surface area contributed by atoms with Gasteiger partial charge in [0, 0.05) is 6.04 Å². The number of alkyl carbamates (subject to hydrolysis) is 1. The third-order valence-electron chi connectivity index (χ3n) is 2.55. The first kappa shape index (κ1) is 10.4. The smallest absolute Gasteiger partial charge is 0.407 e. The maximum Gasteiger partial charge on any atom is 0.407 e. The number of carbonyl (C=O) groups is 1. The quantitative estimate of drug-likeness (QED) is 0.732. The van der Waals surface area contributed by atoms with Crippen LogP contribution in [0, 0.1) is 5.92 Å². The van der Waals surface area contributed by atoms with E-state index in [1.165, 1.54) is 19.3 Å². The zero-order valence-electron chi connectivity index (χ0n) is 8.67. The summed E-state index contributed by atoms with van der Waals surface area (Å²) in [5.74, 6) is 0.666. The lowest BCUT2D eigenvalue weighted by atomic mass is 9.80. The van der Waals surface area contributed by atoms with Gasteiger partial charge in [-0.2, -0.15) is 0 Å². The van der Waals surface area contributed by atoms with Crippen molar-refractivity contribution in [2.45, 2.75) is 52.2 Å². The summed E-state index contributed by atoms with van der Waals surface area (Å²) in [6.07, 6.45) is 3.46. The Morgan fingerprint density at radius 1 is 1.38 bits per heavy atom. The van der Waals surface area contributed by atoms with Gasteiger partial charge < -0.3 is 10.1 Å². The van der Waals surface area contributed by atoms with Gasteiger partial charge in [-0.3, -0.25) is 0 Å². The summed E-state index contributed by atoms with van der Waals surface area (Å²) in [6.45, 7) is 5.76. The van der Waals surface area contributed by atoms with Gasteiger partial charge in [-0.25, -0.2) is 4.79 Å². The number of amides is 1. The van der Waals surface area contributed by atoms with Crippen molar-refractivity contribution in [1.82, 2.24) is 5.32 Å². The van der Waals surface area contributed by atoms with E-state index < -0.39 is 0 Å². The second-order valence-electron chi connectivity index (χ2n) is 4.08. The van der Waals surface area contributed by atoms with Gasteiger partial charge in [0.25, 0.3) is 0 Å². The molecule has 3 nitrogen and oxygen atoms in total. The molecule has 1 atom stereocenters. The van der Waals surface area contributed by atoms with E-state index in [2.05, 4.69) is 5.32 Å². The molecule has 1 unspecified atom stereocenters. The molecule has 1 saturated carbocycles. The van der Waals surface area contributed by atoms with Crippen molar-refractivity contribution >= 4 is 6.09 Å². The van der Waals surface area contributed by atoms with Crippen molar-refractivity contribution in [2.75, 3.05) is 0 Å². The van der Waals surface area contributed by atoms with E-state index >= 15 is 0 Å². The van der Waals surface area contributed by atoms with Gasteiger partial charge in [-0.05, 0) is 39.5 Å². The third-order valence-corrected chi connectivity index (χ3v) is 2.55. The van der Waals surface area contributed by atoms with Crippen molar-refractivity contribution < 1.29 is 9.53 Å². The minimum absolute atomic E-state index is 0.0337. The van der Waals surface area contributed by atoms with E-state index in [1.54, 1.807) is 0 Å². The Hall–Kier alpha value is -0.730. The zero-order valence-corrected chi connectivity index (χ0v) is 8.67. The minimum Gasteiger partial charge on any atom is -0.447 e. The molecule has 1 fully saturated rings. The first-order chi connectivity index (χ1) is 6.09. The Morgan fingerprint density at radius 2 is 2.00 bits per heavy atom. The third kappa shape index (κ3) is 3.25. The Bertz CT molecular complexity index is 176. The van der Waals surface area contributed by atoms with Crippen LogP contribution in [0.5, 0.6) is 0 Å². The Balaban J connectivity index is 2.18. The van der Waals surface area contributed by atoms with Gasteiger partial charge in [-0.15, -0.1) is 0 Å². The molecule has 1 rings (SSSR count). The molecular formula is C10H19NO2. The highest BCUT2D eigenvalue weighted by atomic mass is 16.6. The first-order valence-corrected chi connectivity index (χ1v) is 5.06. The number of nitrogens with one attached hydrogen (secondary N) is 1. The molecule has 0 saturated heterocycles. The fraction of sp³-hybridized carbons (Fsp3) is 0.900. The van der Waals surface area contributed by atoms with Crippen molar-refractivity contribution in [2.24, 2.45) is 5.92 Å². The van der Waals surface area contributed by atoms with Crippen LogP contribution in [0.1, 0.15) is 40.0 Å². The summed E-state index contributed by atoms with van der Waals surface area (Å²) in [6, 6.07) is 0.264. The lowest BCUT2D eigenvalue weighted by Gasteiger charge is -2.31. The van der Waals surface area contributed by atoms with Gasteiger partial charge in [0.15, 0.2) is 0 Å². The summed E-state index contributed by atoms with van der Waals surface area (Å²) in [4.78, 5) is 11.2. The van der Waals surface area contributed by atoms with E-state index in [9.17, 15) is 4.79 Å². The van der Waals surface area contributed by atoms with Crippen LogP contribution in [0.15, 0.2) is 0 Å². The van der Waals surface area contributed by atoms with Gasteiger partial charge in [-0.1, -0.05) is 6.42 Å². The highest BCUT2D eigenvalue weighted by molar-refractivity contribution is 5.67. The summed E-state index contributed by atoms with van der Waals surface area (Å²) in [5.41, 5.74) is 0. The molecule has 0 spiro atoms. The molecule has 1 aliphatic carbocycles. The summed E-state index contributed by atoms with van der Waals surface area (Å²) >= 11 is 0. The van der Waals surface area contributed by atoms with Crippen LogP contribution in [0.3, 0.4) is 0 Å². The monoisotopic (exact) mass is 185 g/mol. The Labute approximate surface area is 79.8 Å². The number of carbonyl (C=O) groups excluding carboxylic acids is 1. The fourth-order valence-electron chi connectivity index (χ4n) is 1.49. The number of rotatable bonds is 3. The molecule has 76 valence electrons. The predicted octanol–water partition coefficient (Wildman–Crippen LogP) is 2.31.